The van der Waals surface area contributed by atoms with Crippen LogP contribution in [0.1, 0.15) is 32.4 Å². The number of amides is 1. The van der Waals surface area contributed by atoms with E-state index in [0.29, 0.717) is 38.3 Å². The lowest BCUT2D eigenvalue weighted by Crippen LogP contribution is -2.60. The number of morpholine rings is 1. The minimum atomic E-state index is -0.626. The predicted molar refractivity (Wildman–Crippen MR) is 99.5 cm³/mol. The van der Waals surface area contributed by atoms with Crippen molar-refractivity contribution >= 4 is 23.4 Å². The zero-order valence-electron chi connectivity index (χ0n) is 15.7. The molecular formula is C19H23ClFN3O3. The van der Waals surface area contributed by atoms with Crippen LogP contribution < -0.4 is 0 Å². The van der Waals surface area contributed by atoms with E-state index in [-0.39, 0.29) is 28.9 Å². The van der Waals surface area contributed by atoms with Gasteiger partial charge < -0.3 is 14.4 Å². The van der Waals surface area contributed by atoms with Gasteiger partial charge in [0.2, 0.25) is 5.69 Å². The highest BCUT2D eigenvalue weighted by atomic mass is 35.5. The predicted octanol–water partition coefficient (Wildman–Crippen LogP) is 4.02. The Hall–Kier alpha value is -1.88. The standard InChI is InChI=1S/C19H23ClFN3O3/c1-19(2,3)27-18(25)24-8-7-23-10-15(26-11-12(23)9-24)13-5-6-14(21)17(22-4)16(13)20/h5-6,12,15H,7-11H2,1-3H3/t12-,15-/m0/s1. The van der Waals surface area contributed by atoms with Crippen LogP contribution in [-0.4, -0.2) is 60.3 Å². The van der Waals surface area contributed by atoms with Gasteiger partial charge in [0.25, 0.3) is 0 Å². The summed E-state index contributed by atoms with van der Waals surface area (Å²) in [7, 11) is 0. The molecule has 1 amide bonds. The van der Waals surface area contributed by atoms with Gasteiger partial charge in [0.1, 0.15) is 11.4 Å². The molecule has 2 heterocycles. The summed E-state index contributed by atoms with van der Waals surface area (Å²) in [6.45, 7) is 15.4. The van der Waals surface area contributed by atoms with Crippen LogP contribution in [-0.2, 0) is 9.47 Å². The van der Waals surface area contributed by atoms with Gasteiger partial charge in [0.05, 0.1) is 30.3 Å². The maximum Gasteiger partial charge on any atom is 0.410 e. The third-order valence-corrected chi connectivity index (χ3v) is 5.10. The van der Waals surface area contributed by atoms with E-state index in [1.54, 1.807) is 11.0 Å². The van der Waals surface area contributed by atoms with E-state index in [1.165, 1.54) is 6.07 Å². The molecule has 1 aromatic carbocycles. The van der Waals surface area contributed by atoms with Crippen molar-refractivity contribution in [3.05, 3.63) is 40.0 Å². The summed E-state index contributed by atoms with van der Waals surface area (Å²) in [4.78, 5) is 19.4. The number of ether oxygens (including phenoxy) is 2. The van der Waals surface area contributed by atoms with E-state index in [2.05, 4.69) is 9.74 Å². The van der Waals surface area contributed by atoms with E-state index in [9.17, 15) is 9.18 Å². The third kappa shape index (κ3) is 4.34. The maximum atomic E-state index is 13.7. The van der Waals surface area contributed by atoms with Crippen LogP contribution in [0.5, 0.6) is 0 Å². The number of hydrogen-bond donors (Lipinski definition) is 0. The van der Waals surface area contributed by atoms with Crippen LogP contribution in [0, 0.1) is 12.4 Å². The number of hydrogen-bond acceptors (Lipinski definition) is 4. The van der Waals surface area contributed by atoms with Gasteiger partial charge >= 0.3 is 6.09 Å². The van der Waals surface area contributed by atoms with E-state index in [1.807, 2.05) is 20.8 Å². The van der Waals surface area contributed by atoms with E-state index >= 15 is 0 Å². The van der Waals surface area contributed by atoms with Gasteiger partial charge in [-0.1, -0.05) is 17.7 Å². The van der Waals surface area contributed by atoms with Crippen LogP contribution in [0.4, 0.5) is 14.9 Å². The summed E-state index contributed by atoms with van der Waals surface area (Å²) in [5.74, 6) is -0.626. The third-order valence-electron chi connectivity index (χ3n) is 4.70. The molecule has 146 valence electrons. The number of piperazine rings is 1. The molecule has 2 aliphatic heterocycles. The fourth-order valence-corrected chi connectivity index (χ4v) is 3.69. The quantitative estimate of drug-likeness (QED) is 0.674. The van der Waals surface area contributed by atoms with Gasteiger partial charge in [-0.15, -0.1) is 0 Å². The number of carbonyl (C=O) groups is 1. The van der Waals surface area contributed by atoms with Crippen molar-refractivity contribution in [2.24, 2.45) is 0 Å². The number of nitrogens with zero attached hydrogens (tertiary/aromatic N) is 3. The molecule has 0 unspecified atom stereocenters. The lowest BCUT2D eigenvalue weighted by molar-refractivity contribution is -0.0906. The Kier molecular flexibility index (Phi) is 5.61. The molecule has 3 rings (SSSR count). The second kappa shape index (κ2) is 7.63. The van der Waals surface area contributed by atoms with Gasteiger partial charge in [-0.2, -0.15) is 0 Å². The van der Waals surface area contributed by atoms with Crippen molar-refractivity contribution in [1.29, 1.82) is 0 Å². The number of benzene rings is 1. The van der Waals surface area contributed by atoms with Crippen LogP contribution in [0.25, 0.3) is 4.85 Å². The van der Waals surface area contributed by atoms with Crippen molar-refractivity contribution in [1.82, 2.24) is 9.80 Å². The average Bonchev–Trinajstić information content (AvgIpc) is 2.60. The first-order chi connectivity index (χ1) is 12.7. The molecule has 0 bridgehead atoms. The number of carbonyl (C=O) groups excluding carboxylic acids is 1. The van der Waals surface area contributed by atoms with Crippen molar-refractivity contribution in [2.45, 2.75) is 38.5 Å². The monoisotopic (exact) mass is 395 g/mol. The molecule has 2 atom stereocenters. The number of halogens is 2. The van der Waals surface area contributed by atoms with Crippen molar-refractivity contribution < 1.29 is 18.7 Å². The molecule has 0 aromatic heterocycles. The summed E-state index contributed by atoms with van der Waals surface area (Å²) < 4.78 is 25.1. The molecule has 2 aliphatic rings. The zero-order valence-corrected chi connectivity index (χ0v) is 16.4. The normalized spacial score (nSPS) is 23.5. The summed E-state index contributed by atoms with van der Waals surface area (Å²) in [6.07, 6.45) is -0.643. The molecule has 1 aromatic rings. The fraction of sp³-hybridized carbons (Fsp3) is 0.579. The van der Waals surface area contributed by atoms with E-state index in [0.717, 1.165) is 0 Å². The highest BCUT2D eigenvalue weighted by molar-refractivity contribution is 6.34. The van der Waals surface area contributed by atoms with E-state index < -0.39 is 11.4 Å². The molecule has 0 spiro atoms. The number of fused-ring (bicyclic) bond motifs is 1. The summed E-state index contributed by atoms with van der Waals surface area (Å²) >= 11 is 6.23. The van der Waals surface area contributed by atoms with Gasteiger partial charge in [-0.3, -0.25) is 4.90 Å². The van der Waals surface area contributed by atoms with Gasteiger partial charge in [0.15, 0.2) is 0 Å². The minimum absolute atomic E-state index is 0.0714. The first-order valence-electron chi connectivity index (χ1n) is 8.88. The Morgan fingerprint density at radius 3 is 2.78 bits per heavy atom. The van der Waals surface area contributed by atoms with E-state index in [4.69, 9.17) is 27.6 Å². The molecule has 0 radical (unpaired) electrons. The summed E-state index contributed by atoms with van der Waals surface area (Å²) in [6, 6.07) is 2.90. The molecule has 2 saturated heterocycles. The van der Waals surface area contributed by atoms with Gasteiger partial charge in [0, 0.05) is 26.2 Å². The Morgan fingerprint density at radius 2 is 2.11 bits per heavy atom. The highest BCUT2D eigenvalue weighted by Crippen LogP contribution is 2.38. The fourth-order valence-electron chi connectivity index (χ4n) is 3.37. The van der Waals surface area contributed by atoms with Crippen LogP contribution >= 0.6 is 11.6 Å². The second-order valence-electron chi connectivity index (χ2n) is 7.81. The maximum absolute atomic E-state index is 13.7. The summed E-state index contributed by atoms with van der Waals surface area (Å²) in [5, 5.41) is 0.112. The first kappa shape index (κ1) is 19.9. The molecular weight excluding hydrogens is 373 g/mol. The summed E-state index contributed by atoms with van der Waals surface area (Å²) in [5.41, 5.74) is -0.0748. The van der Waals surface area contributed by atoms with Crippen LogP contribution in [0.2, 0.25) is 5.02 Å². The largest absolute Gasteiger partial charge is 0.444 e. The van der Waals surface area contributed by atoms with Crippen LogP contribution in [0.15, 0.2) is 12.1 Å². The molecule has 2 fully saturated rings. The SMILES string of the molecule is [C-]#[N+]c1c(F)ccc([C@@H]2CN3CCN(C(=O)OC(C)(C)C)C[C@H]3CO2)c1Cl. The molecule has 6 nitrogen and oxygen atoms in total. The van der Waals surface area contributed by atoms with Crippen molar-refractivity contribution in [3.8, 4) is 0 Å². The van der Waals surface area contributed by atoms with Crippen molar-refractivity contribution in [3.63, 3.8) is 0 Å². The van der Waals surface area contributed by atoms with Crippen LogP contribution in [0.3, 0.4) is 0 Å². The second-order valence-corrected chi connectivity index (χ2v) is 8.19. The Balaban J connectivity index is 1.67. The average molecular weight is 396 g/mol. The lowest BCUT2D eigenvalue weighted by Gasteiger charge is -2.46. The van der Waals surface area contributed by atoms with Gasteiger partial charge in [-0.05, 0) is 32.4 Å². The molecule has 0 saturated carbocycles. The Morgan fingerprint density at radius 1 is 1.37 bits per heavy atom. The first-order valence-corrected chi connectivity index (χ1v) is 9.26. The smallest absolute Gasteiger partial charge is 0.410 e. The lowest BCUT2D eigenvalue weighted by atomic mass is 10.0. The minimum Gasteiger partial charge on any atom is -0.444 e. The topological polar surface area (TPSA) is 46.4 Å². The molecule has 0 N–H and O–H groups in total. The Labute approximate surface area is 163 Å². The Bertz CT molecular complexity index is 775. The highest BCUT2D eigenvalue weighted by Gasteiger charge is 2.37. The molecule has 8 heteroatoms. The number of rotatable bonds is 1. The molecule has 0 aliphatic carbocycles. The van der Waals surface area contributed by atoms with Crippen molar-refractivity contribution in [2.75, 3.05) is 32.8 Å². The molecule has 27 heavy (non-hydrogen) atoms. The zero-order chi connectivity index (χ0) is 19.8. The van der Waals surface area contributed by atoms with Gasteiger partial charge in [-0.25, -0.2) is 14.0 Å².